The fourth-order valence-corrected chi connectivity index (χ4v) is 1.91. The number of likely N-dealkylation sites (tertiary alicyclic amines) is 1. The van der Waals surface area contributed by atoms with E-state index in [2.05, 4.69) is 4.90 Å². The van der Waals surface area contributed by atoms with Gasteiger partial charge in [-0.1, -0.05) is 0 Å². The highest BCUT2D eigenvalue weighted by atomic mass is 16.4. The molecule has 0 aliphatic carbocycles. The van der Waals surface area contributed by atoms with E-state index in [9.17, 15) is 4.79 Å². The number of hydrogen-bond donors (Lipinski definition) is 2. The predicted molar refractivity (Wildman–Crippen MR) is 48.5 cm³/mol. The molecule has 1 rings (SSSR count). The van der Waals surface area contributed by atoms with Crippen LogP contribution in [0.3, 0.4) is 0 Å². The summed E-state index contributed by atoms with van der Waals surface area (Å²) in [6, 6.07) is 0. The molecule has 1 saturated heterocycles. The lowest BCUT2D eigenvalue weighted by Gasteiger charge is -2.31. The van der Waals surface area contributed by atoms with Crippen molar-refractivity contribution in [3.05, 3.63) is 0 Å². The second-order valence-electron chi connectivity index (χ2n) is 3.63. The van der Waals surface area contributed by atoms with Crippen molar-refractivity contribution in [2.75, 3.05) is 26.2 Å². The van der Waals surface area contributed by atoms with Crippen LogP contribution in [-0.4, -0.2) is 47.3 Å². The van der Waals surface area contributed by atoms with Crippen LogP contribution >= 0.6 is 0 Å². The molecule has 13 heavy (non-hydrogen) atoms. The van der Waals surface area contributed by atoms with Crippen LogP contribution in [0.4, 0.5) is 0 Å². The number of hydrogen-bond acceptors (Lipinski definition) is 3. The van der Waals surface area contributed by atoms with Gasteiger partial charge in [-0.3, -0.25) is 4.79 Å². The molecular weight excluding hydrogens is 170 g/mol. The molecule has 0 bridgehead atoms. The highest BCUT2D eigenvalue weighted by Gasteiger charge is 2.21. The number of aliphatic hydroxyl groups excluding tert-OH is 1. The van der Waals surface area contributed by atoms with Gasteiger partial charge in [0.25, 0.3) is 0 Å². The number of aliphatic hydroxyl groups is 1. The zero-order valence-corrected chi connectivity index (χ0v) is 7.78. The van der Waals surface area contributed by atoms with E-state index in [4.69, 9.17) is 10.2 Å². The molecule has 2 N–H and O–H groups in total. The number of piperidine rings is 1. The second kappa shape index (κ2) is 5.19. The molecule has 0 spiro atoms. The minimum Gasteiger partial charge on any atom is -0.481 e. The van der Waals surface area contributed by atoms with Crippen molar-refractivity contribution in [1.29, 1.82) is 0 Å². The van der Waals surface area contributed by atoms with Gasteiger partial charge in [-0.05, 0) is 25.3 Å². The standard InChI is InChI=1S/C9H17NO3/c11-5-4-10-3-1-2-8(7-10)6-9(12)13/h8,11H,1-7H2,(H,12,13). The second-order valence-corrected chi connectivity index (χ2v) is 3.63. The van der Waals surface area contributed by atoms with Crippen LogP contribution in [-0.2, 0) is 4.79 Å². The van der Waals surface area contributed by atoms with Crippen molar-refractivity contribution in [3.8, 4) is 0 Å². The number of nitrogens with zero attached hydrogens (tertiary/aromatic N) is 1. The summed E-state index contributed by atoms with van der Waals surface area (Å²) in [6.07, 6.45) is 2.33. The average Bonchev–Trinajstić information content (AvgIpc) is 2.04. The van der Waals surface area contributed by atoms with E-state index < -0.39 is 5.97 Å². The number of carboxylic acids is 1. The molecule has 1 fully saturated rings. The first-order valence-corrected chi connectivity index (χ1v) is 4.77. The predicted octanol–water partition coefficient (Wildman–Crippen LogP) is 0.165. The molecule has 1 aliphatic heterocycles. The highest BCUT2D eigenvalue weighted by Crippen LogP contribution is 2.18. The van der Waals surface area contributed by atoms with Gasteiger partial charge in [-0.15, -0.1) is 0 Å². The molecule has 76 valence electrons. The maximum Gasteiger partial charge on any atom is 0.303 e. The molecule has 4 heteroatoms. The van der Waals surface area contributed by atoms with Gasteiger partial charge in [0.2, 0.25) is 0 Å². The molecule has 0 amide bonds. The molecule has 0 aromatic heterocycles. The summed E-state index contributed by atoms with van der Waals surface area (Å²) < 4.78 is 0. The Morgan fingerprint density at radius 3 is 2.92 bits per heavy atom. The lowest BCUT2D eigenvalue weighted by atomic mass is 9.95. The van der Waals surface area contributed by atoms with Crippen molar-refractivity contribution in [2.45, 2.75) is 19.3 Å². The molecule has 4 nitrogen and oxygen atoms in total. The molecule has 0 radical (unpaired) electrons. The fraction of sp³-hybridized carbons (Fsp3) is 0.889. The number of carboxylic acid groups (broad SMARTS) is 1. The van der Waals surface area contributed by atoms with Gasteiger partial charge in [0.1, 0.15) is 0 Å². The lowest BCUT2D eigenvalue weighted by Crippen LogP contribution is -2.37. The van der Waals surface area contributed by atoms with Crippen LogP contribution in [0.5, 0.6) is 0 Å². The maximum atomic E-state index is 10.5. The summed E-state index contributed by atoms with van der Waals surface area (Å²) in [7, 11) is 0. The first-order chi connectivity index (χ1) is 6.22. The normalized spacial score (nSPS) is 24.5. The van der Waals surface area contributed by atoms with E-state index >= 15 is 0 Å². The minimum absolute atomic E-state index is 0.166. The third-order valence-corrected chi connectivity index (χ3v) is 2.48. The summed E-state index contributed by atoms with van der Waals surface area (Å²) in [5.41, 5.74) is 0. The smallest absolute Gasteiger partial charge is 0.303 e. The van der Waals surface area contributed by atoms with Gasteiger partial charge in [0.05, 0.1) is 6.61 Å². The Labute approximate surface area is 78.2 Å². The SMILES string of the molecule is O=C(O)CC1CCCN(CCO)C1. The van der Waals surface area contributed by atoms with Crippen LogP contribution in [0.15, 0.2) is 0 Å². The Morgan fingerprint density at radius 2 is 2.31 bits per heavy atom. The topological polar surface area (TPSA) is 60.8 Å². The van der Waals surface area contributed by atoms with Crippen LogP contribution in [0, 0.1) is 5.92 Å². The van der Waals surface area contributed by atoms with Gasteiger partial charge in [0.15, 0.2) is 0 Å². The first kappa shape index (κ1) is 10.5. The Balaban J connectivity index is 2.28. The van der Waals surface area contributed by atoms with Crippen LogP contribution in [0.25, 0.3) is 0 Å². The van der Waals surface area contributed by atoms with Crippen LogP contribution in [0.2, 0.25) is 0 Å². The van der Waals surface area contributed by atoms with E-state index in [1.807, 2.05) is 0 Å². The van der Waals surface area contributed by atoms with E-state index in [0.717, 1.165) is 25.9 Å². The van der Waals surface area contributed by atoms with Crippen molar-refractivity contribution in [3.63, 3.8) is 0 Å². The fourth-order valence-electron chi connectivity index (χ4n) is 1.91. The number of β-amino-alcohol motifs (C(OH)–C–C–N with tert-alkyl or cyclic N) is 1. The largest absolute Gasteiger partial charge is 0.481 e. The Morgan fingerprint density at radius 1 is 1.54 bits per heavy atom. The molecule has 1 heterocycles. The van der Waals surface area contributed by atoms with Crippen molar-refractivity contribution < 1.29 is 15.0 Å². The summed E-state index contributed by atoms with van der Waals surface area (Å²) in [4.78, 5) is 12.6. The summed E-state index contributed by atoms with van der Waals surface area (Å²) >= 11 is 0. The lowest BCUT2D eigenvalue weighted by molar-refractivity contribution is -0.138. The Kier molecular flexibility index (Phi) is 4.18. The van der Waals surface area contributed by atoms with Gasteiger partial charge in [-0.2, -0.15) is 0 Å². The first-order valence-electron chi connectivity index (χ1n) is 4.77. The molecule has 1 atom stereocenters. The van der Waals surface area contributed by atoms with E-state index in [0.29, 0.717) is 6.54 Å². The van der Waals surface area contributed by atoms with Crippen LogP contribution in [0.1, 0.15) is 19.3 Å². The molecular formula is C9H17NO3. The zero-order chi connectivity index (χ0) is 9.68. The number of carbonyl (C=O) groups is 1. The average molecular weight is 187 g/mol. The van der Waals surface area contributed by atoms with E-state index in [1.165, 1.54) is 0 Å². The van der Waals surface area contributed by atoms with Gasteiger partial charge < -0.3 is 15.1 Å². The zero-order valence-electron chi connectivity index (χ0n) is 7.78. The van der Waals surface area contributed by atoms with Gasteiger partial charge in [-0.25, -0.2) is 0 Å². The molecule has 1 unspecified atom stereocenters. The van der Waals surface area contributed by atoms with Crippen LogP contribution < -0.4 is 0 Å². The number of aliphatic carboxylic acids is 1. The number of rotatable bonds is 4. The van der Waals surface area contributed by atoms with Crippen molar-refractivity contribution in [1.82, 2.24) is 4.90 Å². The van der Waals surface area contributed by atoms with E-state index in [1.54, 1.807) is 0 Å². The highest BCUT2D eigenvalue weighted by molar-refractivity contribution is 5.67. The van der Waals surface area contributed by atoms with Crippen molar-refractivity contribution >= 4 is 5.97 Å². The molecule has 0 aromatic carbocycles. The summed E-state index contributed by atoms with van der Waals surface area (Å²) in [5, 5.41) is 17.3. The quantitative estimate of drug-likeness (QED) is 0.658. The molecule has 1 aliphatic rings. The van der Waals surface area contributed by atoms with Gasteiger partial charge >= 0.3 is 5.97 Å². The molecule has 0 aromatic rings. The van der Waals surface area contributed by atoms with Crippen molar-refractivity contribution in [2.24, 2.45) is 5.92 Å². The van der Waals surface area contributed by atoms with Gasteiger partial charge in [0, 0.05) is 19.5 Å². The monoisotopic (exact) mass is 187 g/mol. The summed E-state index contributed by atoms with van der Waals surface area (Å²) in [6.45, 7) is 2.67. The molecule has 0 saturated carbocycles. The minimum atomic E-state index is -0.712. The maximum absolute atomic E-state index is 10.5. The summed E-state index contributed by atoms with van der Waals surface area (Å²) in [5.74, 6) is -0.436. The Hall–Kier alpha value is -0.610. The Bertz CT molecular complexity index is 170. The van der Waals surface area contributed by atoms with E-state index in [-0.39, 0.29) is 18.9 Å². The third-order valence-electron chi connectivity index (χ3n) is 2.48. The third kappa shape index (κ3) is 3.74.